The van der Waals surface area contributed by atoms with Gasteiger partial charge in [0.1, 0.15) is 16.8 Å². The van der Waals surface area contributed by atoms with Crippen molar-refractivity contribution in [3.63, 3.8) is 0 Å². The van der Waals surface area contributed by atoms with Gasteiger partial charge in [0.2, 0.25) is 9.84 Å². The topological polar surface area (TPSA) is 74.7 Å². The molecule has 0 aromatic heterocycles. The second-order valence-corrected chi connectivity index (χ2v) is 9.41. The number of aliphatic hydroxyl groups is 1. The first-order chi connectivity index (χ1) is 14.7. The standard InChI is InChI=1S/C24H20FNO4S/c1-15-3-7-17(8-4-15)21-23(31(29,30)20-13-5-16(2)6-14-20)22(27)24(28)26(21)19-11-9-18(25)10-12-19/h3-14,21,27H,1-2H3. The van der Waals surface area contributed by atoms with E-state index >= 15 is 0 Å². The molecule has 0 bridgehead atoms. The number of anilines is 1. The van der Waals surface area contributed by atoms with Crippen LogP contribution < -0.4 is 4.90 Å². The second kappa shape index (κ2) is 7.67. The van der Waals surface area contributed by atoms with Gasteiger partial charge in [-0.3, -0.25) is 9.69 Å². The molecule has 0 saturated carbocycles. The minimum absolute atomic E-state index is 0.0227. The van der Waals surface area contributed by atoms with Crippen molar-refractivity contribution in [1.82, 2.24) is 0 Å². The maximum Gasteiger partial charge on any atom is 0.295 e. The molecule has 31 heavy (non-hydrogen) atoms. The van der Waals surface area contributed by atoms with Crippen molar-refractivity contribution in [1.29, 1.82) is 0 Å². The summed E-state index contributed by atoms with van der Waals surface area (Å²) in [5, 5.41) is 10.7. The van der Waals surface area contributed by atoms with Gasteiger partial charge in [0.15, 0.2) is 5.76 Å². The van der Waals surface area contributed by atoms with Gasteiger partial charge in [0.05, 0.1) is 4.90 Å². The molecule has 1 unspecified atom stereocenters. The smallest absolute Gasteiger partial charge is 0.295 e. The zero-order valence-electron chi connectivity index (χ0n) is 16.9. The Morgan fingerprint density at radius 2 is 1.35 bits per heavy atom. The number of hydrogen-bond acceptors (Lipinski definition) is 4. The van der Waals surface area contributed by atoms with Crippen molar-refractivity contribution < 1.29 is 22.7 Å². The number of carbonyl (C=O) groups is 1. The molecular weight excluding hydrogens is 417 g/mol. The molecule has 1 N–H and O–H groups in total. The van der Waals surface area contributed by atoms with Gasteiger partial charge in [-0.05, 0) is 55.8 Å². The highest BCUT2D eigenvalue weighted by Gasteiger charge is 2.47. The number of carbonyl (C=O) groups excluding carboxylic acids is 1. The SMILES string of the molecule is Cc1ccc(C2C(S(=O)(=O)c3ccc(C)cc3)=C(O)C(=O)N2c2ccc(F)cc2)cc1. The Morgan fingerprint density at radius 1 is 0.839 bits per heavy atom. The Hall–Kier alpha value is -3.45. The minimum atomic E-state index is -4.20. The number of benzene rings is 3. The van der Waals surface area contributed by atoms with E-state index < -0.39 is 38.3 Å². The van der Waals surface area contributed by atoms with E-state index in [2.05, 4.69) is 0 Å². The number of halogens is 1. The molecule has 158 valence electrons. The van der Waals surface area contributed by atoms with Crippen molar-refractivity contribution in [2.75, 3.05) is 4.90 Å². The first-order valence-corrected chi connectivity index (χ1v) is 11.1. The summed E-state index contributed by atoms with van der Waals surface area (Å²) in [7, 11) is -4.20. The van der Waals surface area contributed by atoms with Crippen LogP contribution in [0.25, 0.3) is 0 Å². The fraction of sp³-hybridized carbons (Fsp3) is 0.125. The van der Waals surface area contributed by atoms with E-state index in [-0.39, 0.29) is 10.6 Å². The van der Waals surface area contributed by atoms with Crippen LogP contribution in [0.2, 0.25) is 0 Å². The number of sulfone groups is 1. The third kappa shape index (κ3) is 3.61. The van der Waals surface area contributed by atoms with Crippen LogP contribution in [0.15, 0.2) is 88.4 Å². The molecule has 1 heterocycles. The Bertz CT molecular complexity index is 1280. The first kappa shape index (κ1) is 20.8. The maximum absolute atomic E-state index is 13.5. The fourth-order valence-electron chi connectivity index (χ4n) is 3.62. The monoisotopic (exact) mass is 437 g/mol. The average molecular weight is 437 g/mol. The van der Waals surface area contributed by atoms with Crippen LogP contribution in [0, 0.1) is 19.7 Å². The quantitative estimate of drug-likeness (QED) is 0.638. The average Bonchev–Trinajstić information content (AvgIpc) is 3.01. The molecule has 7 heteroatoms. The predicted octanol–water partition coefficient (Wildman–Crippen LogP) is 4.77. The summed E-state index contributed by atoms with van der Waals surface area (Å²) in [4.78, 5) is 13.8. The van der Waals surface area contributed by atoms with Crippen molar-refractivity contribution in [2.45, 2.75) is 24.8 Å². The normalized spacial score (nSPS) is 16.8. The van der Waals surface area contributed by atoms with Crippen molar-refractivity contribution >= 4 is 21.4 Å². The van der Waals surface area contributed by atoms with Gasteiger partial charge in [0.25, 0.3) is 5.91 Å². The van der Waals surface area contributed by atoms with Crippen molar-refractivity contribution in [3.8, 4) is 0 Å². The summed E-state index contributed by atoms with van der Waals surface area (Å²) >= 11 is 0. The van der Waals surface area contributed by atoms with Crippen LogP contribution in [0.1, 0.15) is 22.7 Å². The molecule has 0 radical (unpaired) electrons. The summed E-state index contributed by atoms with van der Waals surface area (Å²) < 4.78 is 40.5. The number of amides is 1. The molecule has 3 aromatic rings. The summed E-state index contributed by atoms with van der Waals surface area (Å²) in [6.07, 6.45) is 0. The Kier molecular flexibility index (Phi) is 5.15. The van der Waals surface area contributed by atoms with Crippen LogP contribution in [0.4, 0.5) is 10.1 Å². The number of aryl methyl sites for hydroxylation is 2. The van der Waals surface area contributed by atoms with Gasteiger partial charge in [0, 0.05) is 5.69 Å². The molecule has 1 amide bonds. The lowest BCUT2D eigenvalue weighted by Crippen LogP contribution is -2.31. The summed E-state index contributed by atoms with van der Waals surface area (Å²) in [6, 6.07) is 17.3. The van der Waals surface area contributed by atoms with E-state index in [1.807, 2.05) is 13.8 Å². The molecule has 5 nitrogen and oxygen atoms in total. The van der Waals surface area contributed by atoms with E-state index in [1.54, 1.807) is 36.4 Å². The molecule has 1 aliphatic heterocycles. The molecule has 4 rings (SSSR count). The van der Waals surface area contributed by atoms with Crippen molar-refractivity contribution in [2.24, 2.45) is 0 Å². The second-order valence-electron chi connectivity index (χ2n) is 7.49. The lowest BCUT2D eigenvalue weighted by Gasteiger charge is -2.27. The Balaban J connectivity index is 1.93. The predicted molar refractivity (Wildman–Crippen MR) is 116 cm³/mol. The Labute approximate surface area is 180 Å². The highest BCUT2D eigenvalue weighted by atomic mass is 32.2. The highest BCUT2D eigenvalue weighted by Crippen LogP contribution is 2.44. The van der Waals surface area contributed by atoms with Gasteiger partial charge in [-0.1, -0.05) is 47.5 Å². The molecule has 1 atom stereocenters. The molecule has 0 aliphatic carbocycles. The van der Waals surface area contributed by atoms with Crippen LogP contribution in [0.3, 0.4) is 0 Å². The van der Waals surface area contributed by atoms with E-state index in [0.717, 1.165) is 11.1 Å². The molecule has 0 saturated heterocycles. The first-order valence-electron chi connectivity index (χ1n) is 9.61. The van der Waals surface area contributed by atoms with Crippen LogP contribution >= 0.6 is 0 Å². The fourth-order valence-corrected chi connectivity index (χ4v) is 5.24. The van der Waals surface area contributed by atoms with Gasteiger partial charge in [-0.15, -0.1) is 0 Å². The van der Waals surface area contributed by atoms with Crippen LogP contribution in [-0.4, -0.2) is 19.4 Å². The molecule has 0 spiro atoms. The lowest BCUT2D eigenvalue weighted by molar-refractivity contribution is -0.117. The third-order valence-electron chi connectivity index (χ3n) is 5.28. The number of nitrogens with zero attached hydrogens (tertiary/aromatic N) is 1. The minimum Gasteiger partial charge on any atom is -0.502 e. The van der Waals surface area contributed by atoms with Gasteiger partial charge in [-0.25, -0.2) is 12.8 Å². The van der Waals surface area contributed by atoms with Crippen LogP contribution in [-0.2, 0) is 14.6 Å². The summed E-state index contributed by atoms with van der Waals surface area (Å²) in [6.45, 7) is 3.72. The number of aliphatic hydroxyl groups excluding tert-OH is 1. The van der Waals surface area contributed by atoms with Gasteiger partial charge >= 0.3 is 0 Å². The van der Waals surface area contributed by atoms with E-state index in [9.17, 15) is 22.7 Å². The number of rotatable bonds is 4. The number of hydrogen-bond donors (Lipinski definition) is 1. The molecular formula is C24H20FNO4S. The molecule has 1 aliphatic rings. The van der Waals surface area contributed by atoms with Gasteiger partial charge < -0.3 is 5.11 Å². The van der Waals surface area contributed by atoms with E-state index in [0.29, 0.717) is 5.56 Å². The summed E-state index contributed by atoms with van der Waals surface area (Å²) in [5.74, 6) is -2.19. The largest absolute Gasteiger partial charge is 0.502 e. The van der Waals surface area contributed by atoms with Gasteiger partial charge in [-0.2, -0.15) is 0 Å². The van der Waals surface area contributed by atoms with E-state index in [1.165, 1.54) is 41.3 Å². The zero-order chi connectivity index (χ0) is 22.3. The van der Waals surface area contributed by atoms with Crippen molar-refractivity contribution in [3.05, 3.63) is 106 Å². The van der Waals surface area contributed by atoms with Crippen LogP contribution in [0.5, 0.6) is 0 Å². The molecule has 0 fully saturated rings. The molecule has 3 aromatic carbocycles. The van der Waals surface area contributed by atoms with E-state index in [4.69, 9.17) is 0 Å². The summed E-state index contributed by atoms with van der Waals surface area (Å²) in [5.41, 5.74) is 2.62. The third-order valence-corrected chi connectivity index (χ3v) is 7.17. The zero-order valence-corrected chi connectivity index (χ0v) is 17.7. The Morgan fingerprint density at radius 3 is 1.90 bits per heavy atom. The highest BCUT2D eigenvalue weighted by molar-refractivity contribution is 7.95. The maximum atomic E-state index is 13.5. The lowest BCUT2D eigenvalue weighted by atomic mass is 10.0.